The first-order chi connectivity index (χ1) is 36.2. The van der Waals surface area contributed by atoms with Crippen molar-refractivity contribution in [1.29, 1.82) is 0 Å². The van der Waals surface area contributed by atoms with Gasteiger partial charge in [-0.15, -0.1) is 0 Å². The number of unbranched alkanes of at least 4 members (excludes halogenated alkanes) is 26. The summed E-state index contributed by atoms with van der Waals surface area (Å²) in [6, 6.07) is 0. The fourth-order valence-corrected chi connectivity index (χ4v) is 8.83. The number of carbonyl (C=O) groups excluding carboxylic acids is 3. The van der Waals surface area contributed by atoms with Gasteiger partial charge < -0.3 is 24.2 Å². The predicted molar refractivity (Wildman–Crippen MR) is 307 cm³/mol. The second-order valence-electron chi connectivity index (χ2n) is 19.8. The van der Waals surface area contributed by atoms with Crippen molar-refractivity contribution in [3.05, 3.63) is 72.9 Å². The van der Waals surface area contributed by atoms with Crippen LogP contribution in [-0.2, 0) is 42.2 Å². The zero-order valence-corrected chi connectivity index (χ0v) is 48.2. The molecule has 2 N–H and O–H groups in total. The molecule has 0 aromatic heterocycles. The molecule has 0 rings (SSSR count). The van der Waals surface area contributed by atoms with Gasteiger partial charge in [0, 0.05) is 19.3 Å². The van der Waals surface area contributed by atoms with Crippen molar-refractivity contribution in [1.82, 2.24) is 0 Å². The minimum atomic E-state index is -4.76. The lowest BCUT2D eigenvalue weighted by molar-refractivity contribution is -0.161. The molecule has 0 bridgehead atoms. The monoisotopic (exact) mass is 1060 g/mol. The van der Waals surface area contributed by atoms with E-state index in [1.807, 2.05) is 0 Å². The van der Waals surface area contributed by atoms with Crippen LogP contribution < -0.4 is 0 Å². The number of hydrogen-bond acceptors (Lipinski definition) is 10. The van der Waals surface area contributed by atoms with Gasteiger partial charge in [0.2, 0.25) is 0 Å². The zero-order valence-electron chi connectivity index (χ0n) is 47.3. The van der Waals surface area contributed by atoms with Crippen molar-refractivity contribution in [2.75, 3.05) is 26.4 Å². The van der Waals surface area contributed by atoms with Crippen LogP contribution in [0.5, 0.6) is 0 Å². The van der Waals surface area contributed by atoms with Crippen molar-refractivity contribution in [2.45, 2.75) is 277 Å². The molecule has 428 valence electrons. The first kappa shape index (κ1) is 70.9. The Labute approximate surface area is 452 Å². The molecule has 11 nitrogen and oxygen atoms in total. The Morgan fingerprint density at radius 3 is 1.12 bits per heavy atom. The maximum absolute atomic E-state index is 12.9. The molecule has 12 heteroatoms. The summed E-state index contributed by atoms with van der Waals surface area (Å²) in [7, 11) is -4.76. The van der Waals surface area contributed by atoms with E-state index in [1.165, 1.54) is 83.5 Å². The average molecular weight is 1060 g/mol. The highest BCUT2D eigenvalue weighted by atomic mass is 31.2. The van der Waals surface area contributed by atoms with Crippen LogP contribution in [-0.4, -0.2) is 66.5 Å². The topological polar surface area (TPSA) is 155 Å². The third-order valence-electron chi connectivity index (χ3n) is 12.6. The Morgan fingerprint density at radius 2 is 0.703 bits per heavy atom. The Morgan fingerprint density at radius 1 is 0.392 bits per heavy atom. The largest absolute Gasteiger partial charge is 0.472 e. The van der Waals surface area contributed by atoms with Crippen LogP contribution in [0.3, 0.4) is 0 Å². The van der Waals surface area contributed by atoms with Crippen LogP contribution in [0.15, 0.2) is 72.9 Å². The number of rotatable bonds is 55. The van der Waals surface area contributed by atoms with Gasteiger partial charge >= 0.3 is 25.7 Å². The fourth-order valence-electron chi connectivity index (χ4n) is 8.04. The van der Waals surface area contributed by atoms with Gasteiger partial charge in [-0.05, 0) is 109 Å². The maximum Gasteiger partial charge on any atom is 0.472 e. The third-order valence-corrected chi connectivity index (χ3v) is 13.5. The summed E-state index contributed by atoms with van der Waals surface area (Å²) in [6.45, 7) is 4.48. The smallest absolute Gasteiger partial charge is 0.462 e. The SMILES string of the molecule is CC/C=C\C/C=C\C/C=C\CCCCCCCC(=O)OC(COC(=O)CCCCCCCCCCC/C=C\C/C=C\CCCCC)COP(=O)(O)OCC(CO)OC(=O)CCCCCCC/C=C\CCCCCC. The van der Waals surface area contributed by atoms with E-state index in [1.54, 1.807) is 0 Å². The van der Waals surface area contributed by atoms with E-state index in [9.17, 15) is 28.9 Å². The first-order valence-corrected chi connectivity index (χ1v) is 31.3. The van der Waals surface area contributed by atoms with Gasteiger partial charge in [0.25, 0.3) is 0 Å². The first-order valence-electron chi connectivity index (χ1n) is 29.8. The van der Waals surface area contributed by atoms with Gasteiger partial charge in [-0.25, -0.2) is 4.57 Å². The summed E-state index contributed by atoms with van der Waals surface area (Å²) >= 11 is 0. The van der Waals surface area contributed by atoms with Crippen LogP contribution in [0.1, 0.15) is 265 Å². The molecule has 0 spiro atoms. The second kappa shape index (κ2) is 56.1. The van der Waals surface area contributed by atoms with Crippen LogP contribution >= 0.6 is 7.82 Å². The molecule has 0 saturated heterocycles. The highest BCUT2D eigenvalue weighted by Crippen LogP contribution is 2.43. The average Bonchev–Trinajstić information content (AvgIpc) is 3.39. The van der Waals surface area contributed by atoms with Crippen LogP contribution in [0.25, 0.3) is 0 Å². The van der Waals surface area contributed by atoms with Gasteiger partial charge in [0.15, 0.2) is 6.10 Å². The molecule has 0 amide bonds. The summed E-state index contributed by atoms with van der Waals surface area (Å²) in [4.78, 5) is 48.6. The van der Waals surface area contributed by atoms with Crippen molar-refractivity contribution in [3.8, 4) is 0 Å². The molecule has 0 aromatic rings. The third kappa shape index (κ3) is 53.7. The minimum Gasteiger partial charge on any atom is -0.462 e. The zero-order chi connectivity index (χ0) is 54.1. The normalized spacial score (nSPS) is 13.9. The van der Waals surface area contributed by atoms with Crippen molar-refractivity contribution >= 4 is 25.7 Å². The number of aliphatic hydroxyl groups excluding tert-OH is 1. The van der Waals surface area contributed by atoms with Crippen LogP contribution in [0.2, 0.25) is 0 Å². The molecule has 74 heavy (non-hydrogen) atoms. The van der Waals surface area contributed by atoms with E-state index >= 15 is 0 Å². The fraction of sp³-hybridized carbons (Fsp3) is 0.758. The Hall–Kier alpha value is -3.08. The van der Waals surface area contributed by atoms with E-state index in [4.69, 9.17) is 23.3 Å². The van der Waals surface area contributed by atoms with E-state index in [0.29, 0.717) is 19.3 Å². The quantitative estimate of drug-likeness (QED) is 0.0197. The van der Waals surface area contributed by atoms with Gasteiger partial charge in [-0.3, -0.25) is 23.4 Å². The number of carbonyl (C=O) groups is 3. The van der Waals surface area contributed by atoms with E-state index in [-0.39, 0.29) is 25.9 Å². The van der Waals surface area contributed by atoms with Crippen molar-refractivity contribution < 1.29 is 52.2 Å². The molecule has 0 radical (unpaired) electrons. The number of phosphoric ester groups is 1. The van der Waals surface area contributed by atoms with Gasteiger partial charge in [0.1, 0.15) is 12.7 Å². The lowest BCUT2D eigenvalue weighted by atomic mass is 10.1. The molecule has 0 aliphatic heterocycles. The Kier molecular flexibility index (Phi) is 53.8. The summed E-state index contributed by atoms with van der Waals surface area (Å²) in [5.41, 5.74) is 0. The number of hydrogen-bond donors (Lipinski definition) is 2. The predicted octanol–water partition coefficient (Wildman–Crippen LogP) is 17.7. The molecule has 0 aromatic carbocycles. The highest BCUT2D eigenvalue weighted by Gasteiger charge is 2.28. The molecule has 3 unspecified atom stereocenters. The van der Waals surface area contributed by atoms with E-state index in [0.717, 1.165) is 122 Å². The lowest BCUT2D eigenvalue weighted by Crippen LogP contribution is -2.30. The van der Waals surface area contributed by atoms with Crippen LogP contribution in [0.4, 0.5) is 0 Å². The minimum absolute atomic E-state index is 0.145. The number of phosphoric acid groups is 1. The van der Waals surface area contributed by atoms with Crippen LogP contribution in [0, 0.1) is 0 Å². The van der Waals surface area contributed by atoms with Crippen molar-refractivity contribution in [2.24, 2.45) is 0 Å². The van der Waals surface area contributed by atoms with Gasteiger partial charge in [-0.2, -0.15) is 0 Å². The Balaban J connectivity index is 4.73. The summed E-state index contributed by atoms with van der Waals surface area (Å²) in [6.07, 6.45) is 62.8. The number of aliphatic hydroxyl groups is 1. The molecule has 0 aliphatic carbocycles. The standard InChI is InChI=1S/C62H109O11P/c1-4-7-10-13-16-19-22-25-27-28-29-30-32-34-36-39-42-45-48-51-60(64)69-55-59(73-62(66)53-50-47-44-41-38-35-31-26-23-20-17-14-11-8-5-2)57-71-74(67,68)70-56-58(54-63)72-61(65)52-49-46-43-40-37-33-24-21-18-15-12-9-6-3/h8,11,16-17,19-21,24-27,31,58-59,63H,4-7,9-10,12-15,18,22-23,28-30,32-57H2,1-3H3,(H,67,68)/b11-8-,19-16-,20-17-,24-21-,27-25-,31-26-. The Bertz CT molecular complexity index is 1520. The molecular formula is C62H109O11P. The molecule has 0 heterocycles. The molecular weight excluding hydrogens is 952 g/mol. The summed E-state index contributed by atoms with van der Waals surface area (Å²) in [5, 5.41) is 9.81. The summed E-state index contributed by atoms with van der Waals surface area (Å²) in [5.74, 6) is -1.49. The maximum atomic E-state index is 12.9. The number of ether oxygens (including phenoxy) is 3. The van der Waals surface area contributed by atoms with E-state index in [2.05, 4.69) is 93.7 Å². The second-order valence-corrected chi connectivity index (χ2v) is 21.2. The highest BCUT2D eigenvalue weighted by molar-refractivity contribution is 7.47. The lowest BCUT2D eigenvalue weighted by Gasteiger charge is -2.21. The van der Waals surface area contributed by atoms with Gasteiger partial charge in [0.05, 0.1) is 19.8 Å². The number of allylic oxidation sites excluding steroid dienone is 12. The molecule has 3 atom stereocenters. The van der Waals surface area contributed by atoms with Gasteiger partial charge in [-0.1, -0.05) is 209 Å². The summed E-state index contributed by atoms with van der Waals surface area (Å²) < 4.78 is 39.5. The van der Waals surface area contributed by atoms with Crippen molar-refractivity contribution in [3.63, 3.8) is 0 Å². The number of esters is 3. The molecule has 0 fully saturated rings. The molecule has 0 aliphatic rings. The molecule has 0 saturated carbocycles. The van der Waals surface area contributed by atoms with E-state index < -0.39 is 57.8 Å².